The fraction of sp³-hybridized carbons (Fsp3) is 0.241. The summed E-state index contributed by atoms with van der Waals surface area (Å²) in [6.07, 6.45) is 6.32. The standard InChI is InChI=1S/C29H27N5O3S2/c35-34(36)21-10-14-24(15-11-21)39-23-12-8-20(9-13-23)33-28(27(31-29(33)38)25-6-1-2-16-30-25)26-7-3-17-32(26)19-22-5-4-18-37-22/h1-3,6-17,22,27-28H,4-5,18-19H2,(H,31,38)/t22-,27-,28-/m1/s1. The number of ether oxygens (including phenoxy) is 1. The van der Waals surface area contributed by atoms with Gasteiger partial charge in [0.1, 0.15) is 6.04 Å². The molecule has 0 radical (unpaired) electrons. The molecule has 4 heterocycles. The van der Waals surface area contributed by atoms with E-state index >= 15 is 0 Å². The van der Waals surface area contributed by atoms with E-state index in [9.17, 15) is 10.1 Å². The van der Waals surface area contributed by atoms with Crippen molar-refractivity contribution in [3.63, 3.8) is 0 Å². The molecule has 0 saturated carbocycles. The Labute approximate surface area is 236 Å². The number of thiocarbonyl (C=S) groups is 1. The third-order valence-corrected chi connectivity index (χ3v) is 8.42. The van der Waals surface area contributed by atoms with Gasteiger partial charge in [-0.25, -0.2) is 0 Å². The van der Waals surface area contributed by atoms with E-state index in [0.29, 0.717) is 5.11 Å². The topological polar surface area (TPSA) is 85.5 Å². The molecule has 2 aliphatic heterocycles. The smallest absolute Gasteiger partial charge is 0.269 e. The Morgan fingerprint density at radius 3 is 2.49 bits per heavy atom. The van der Waals surface area contributed by atoms with Crippen LogP contribution in [-0.2, 0) is 11.3 Å². The van der Waals surface area contributed by atoms with Crippen molar-refractivity contribution in [2.75, 3.05) is 11.5 Å². The van der Waals surface area contributed by atoms with Gasteiger partial charge in [0.05, 0.1) is 22.8 Å². The Bertz CT molecular complexity index is 1450. The van der Waals surface area contributed by atoms with E-state index in [1.54, 1.807) is 23.9 Å². The minimum atomic E-state index is -0.387. The highest BCUT2D eigenvalue weighted by molar-refractivity contribution is 7.99. The first-order chi connectivity index (χ1) is 19.1. The van der Waals surface area contributed by atoms with Gasteiger partial charge in [-0.3, -0.25) is 15.1 Å². The van der Waals surface area contributed by atoms with Crippen molar-refractivity contribution < 1.29 is 9.66 Å². The van der Waals surface area contributed by atoms with E-state index in [2.05, 4.69) is 62.4 Å². The Balaban J connectivity index is 1.30. The van der Waals surface area contributed by atoms with Gasteiger partial charge in [0.15, 0.2) is 5.11 Å². The van der Waals surface area contributed by atoms with Gasteiger partial charge >= 0.3 is 0 Å². The van der Waals surface area contributed by atoms with Gasteiger partial charge in [-0.1, -0.05) is 17.8 Å². The minimum Gasteiger partial charge on any atom is -0.376 e. The first-order valence-electron chi connectivity index (χ1n) is 12.9. The summed E-state index contributed by atoms with van der Waals surface area (Å²) in [7, 11) is 0. The van der Waals surface area contributed by atoms with Crippen molar-refractivity contribution in [3.05, 3.63) is 113 Å². The largest absolute Gasteiger partial charge is 0.376 e. The molecule has 0 bridgehead atoms. The molecule has 0 spiro atoms. The van der Waals surface area contributed by atoms with Crippen LogP contribution in [0.15, 0.2) is 101 Å². The molecule has 2 aromatic heterocycles. The molecule has 8 nitrogen and oxygen atoms in total. The maximum Gasteiger partial charge on any atom is 0.269 e. The predicted molar refractivity (Wildman–Crippen MR) is 155 cm³/mol. The zero-order valence-electron chi connectivity index (χ0n) is 21.1. The fourth-order valence-electron chi connectivity index (χ4n) is 5.25. The molecule has 10 heteroatoms. The average molecular weight is 558 g/mol. The molecule has 2 aromatic carbocycles. The number of rotatable bonds is 8. The zero-order chi connectivity index (χ0) is 26.8. The van der Waals surface area contributed by atoms with Crippen LogP contribution in [-0.4, -0.2) is 32.3 Å². The lowest BCUT2D eigenvalue weighted by molar-refractivity contribution is -0.384. The van der Waals surface area contributed by atoms with Gasteiger partial charge in [-0.2, -0.15) is 0 Å². The highest BCUT2D eigenvalue weighted by Crippen LogP contribution is 2.42. The number of nitro groups is 1. The summed E-state index contributed by atoms with van der Waals surface area (Å²) in [4.78, 5) is 19.4. The zero-order valence-corrected chi connectivity index (χ0v) is 22.7. The number of pyridine rings is 1. The van der Waals surface area contributed by atoms with Crippen molar-refractivity contribution in [1.29, 1.82) is 0 Å². The lowest BCUT2D eigenvalue weighted by Gasteiger charge is -2.29. The lowest BCUT2D eigenvalue weighted by Crippen LogP contribution is -2.31. The molecular weight excluding hydrogens is 530 g/mol. The van der Waals surface area contributed by atoms with Crippen LogP contribution in [0.4, 0.5) is 11.4 Å². The van der Waals surface area contributed by atoms with Crippen molar-refractivity contribution in [1.82, 2.24) is 14.9 Å². The summed E-state index contributed by atoms with van der Waals surface area (Å²) in [5.74, 6) is 0. The van der Waals surface area contributed by atoms with E-state index in [1.165, 1.54) is 12.1 Å². The second kappa shape index (κ2) is 11.2. The van der Waals surface area contributed by atoms with Crippen LogP contribution in [0.5, 0.6) is 0 Å². The molecule has 198 valence electrons. The summed E-state index contributed by atoms with van der Waals surface area (Å²) >= 11 is 7.46. The second-order valence-corrected chi connectivity index (χ2v) is 11.1. The predicted octanol–water partition coefficient (Wildman–Crippen LogP) is 6.30. The number of aromatic nitrogens is 2. The first kappa shape index (κ1) is 25.5. The third-order valence-electron chi connectivity index (χ3n) is 7.09. The number of benzene rings is 2. The molecular formula is C29H27N5O3S2. The van der Waals surface area contributed by atoms with E-state index in [0.717, 1.165) is 52.9 Å². The highest BCUT2D eigenvalue weighted by Gasteiger charge is 2.42. The maximum absolute atomic E-state index is 11.0. The van der Waals surface area contributed by atoms with Crippen molar-refractivity contribution in [2.45, 2.75) is 47.4 Å². The normalized spacial score (nSPS) is 20.8. The van der Waals surface area contributed by atoms with Crippen LogP contribution in [0.1, 0.15) is 36.3 Å². The molecule has 39 heavy (non-hydrogen) atoms. The van der Waals surface area contributed by atoms with E-state index in [4.69, 9.17) is 17.0 Å². The van der Waals surface area contributed by atoms with Gasteiger partial charge in [-0.15, -0.1) is 0 Å². The van der Waals surface area contributed by atoms with E-state index < -0.39 is 0 Å². The van der Waals surface area contributed by atoms with Crippen LogP contribution in [0, 0.1) is 10.1 Å². The molecule has 0 aliphatic carbocycles. The van der Waals surface area contributed by atoms with Crippen LogP contribution in [0.25, 0.3) is 0 Å². The summed E-state index contributed by atoms with van der Waals surface area (Å²) in [5, 5.41) is 15.1. The monoisotopic (exact) mass is 557 g/mol. The number of anilines is 1. The second-order valence-electron chi connectivity index (χ2n) is 9.56. The summed E-state index contributed by atoms with van der Waals surface area (Å²) in [6, 6.07) is 24.8. The number of hydrogen-bond donors (Lipinski definition) is 1. The molecule has 2 fully saturated rings. The molecule has 1 N–H and O–H groups in total. The Morgan fingerprint density at radius 2 is 1.82 bits per heavy atom. The molecule has 2 saturated heterocycles. The van der Waals surface area contributed by atoms with Crippen LogP contribution in [0.2, 0.25) is 0 Å². The maximum atomic E-state index is 11.0. The minimum absolute atomic E-state index is 0.0856. The number of nitrogens with zero attached hydrogens (tertiary/aromatic N) is 4. The summed E-state index contributed by atoms with van der Waals surface area (Å²) in [6.45, 7) is 1.63. The number of hydrogen-bond acceptors (Lipinski definition) is 6. The Hall–Kier alpha value is -3.73. The SMILES string of the molecule is O=[N+]([O-])c1ccc(Sc2ccc(N3C(=S)N[C@H](c4ccccn4)[C@H]3c3cccn3C[C@H]3CCCO3)cc2)cc1. The summed E-state index contributed by atoms with van der Waals surface area (Å²) < 4.78 is 8.23. The van der Waals surface area contributed by atoms with Crippen LogP contribution >= 0.6 is 24.0 Å². The number of nitrogens with one attached hydrogen (secondary N) is 1. The van der Waals surface area contributed by atoms with Crippen LogP contribution < -0.4 is 10.2 Å². The lowest BCUT2D eigenvalue weighted by atomic mass is 10.0. The number of non-ortho nitro benzene ring substituents is 1. The van der Waals surface area contributed by atoms with Crippen molar-refractivity contribution >= 4 is 40.5 Å². The Kier molecular flexibility index (Phi) is 7.32. The fourth-order valence-corrected chi connectivity index (χ4v) is 6.41. The highest BCUT2D eigenvalue weighted by atomic mass is 32.2. The van der Waals surface area contributed by atoms with Gasteiger partial charge in [0.2, 0.25) is 0 Å². The van der Waals surface area contributed by atoms with Gasteiger partial charge < -0.3 is 19.5 Å². The van der Waals surface area contributed by atoms with Gasteiger partial charge in [0.25, 0.3) is 5.69 Å². The van der Waals surface area contributed by atoms with Gasteiger partial charge in [-0.05, 0) is 85.7 Å². The Morgan fingerprint density at radius 1 is 1.05 bits per heavy atom. The summed E-state index contributed by atoms with van der Waals surface area (Å²) in [5.41, 5.74) is 3.15. The molecule has 4 aromatic rings. The van der Waals surface area contributed by atoms with Gasteiger partial charge in [0, 0.05) is 58.9 Å². The van der Waals surface area contributed by atoms with Crippen molar-refractivity contribution in [3.8, 4) is 0 Å². The quantitative estimate of drug-likeness (QED) is 0.154. The molecule has 2 aliphatic rings. The molecule has 3 atom stereocenters. The molecule has 6 rings (SSSR count). The van der Waals surface area contributed by atoms with Crippen LogP contribution in [0.3, 0.4) is 0 Å². The average Bonchev–Trinajstić information content (AvgIpc) is 3.71. The number of nitro benzene ring substituents is 1. The molecule has 0 amide bonds. The van der Waals surface area contributed by atoms with E-state index in [-0.39, 0.29) is 28.8 Å². The van der Waals surface area contributed by atoms with Crippen molar-refractivity contribution in [2.24, 2.45) is 0 Å². The third kappa shape index (κ3) is 5.40. The van der Waals surface area contributed by atoms with E-state index in [1.807, 2.05) is 24.4 Å². The molecule has 0 unspecified atom stereocenters. The first-order valence-corrected chi connectivity index (χ1v) is 14.1.